The number of nitrogens with zero attached hydrogens (tertiary/aromatic N) is 3. The monoisotopic (exact) mass is 497 g/mol. The predicted molar refractivity (Wildman–Crippen MR) is 141 cm³/mol. The van der Waals surface area contributed by atoms with E-state index >= 15 is 0 Å². The summed E-state index contributed by atoms with van der Waals surface area (Å²) in [6, 6.07) is 20.3. The van der Waals surface area contributed by atoms with Crippen molar-refractivity contribution >= 4 is 17.5 Å². The van der Waals surface area contributed by atoms with Crippen molar-refractivity contribution in [2.24, 2.45) is 0 Å². The van der Waals surface area contributed by atoms with Gasteiger partial charge in [-0.1, -0.05) is 36.4 Å². The normalized spacial score (nSPS) is 19.2. The molecule has 2 amide bonds. The Kier molecular flexibility index (Phi) is 6.08. The first kappa shape index (κ1) is 23.6. The molecular formula is C30H31N3O4. The average Bonchev–Trinajstić information content (AvgIpc) is 3.48. The third-order valence-corrected chi connectivity index (χ3v) is 7.96. The van der Waals surface area contributed by atoms with Crippen molar-refractivity contribution in [3.8, 4) is 11.5 Å². The Labute approximate surface area is 217 Å². The van der Waals surface area contributed by atoms with Crippen LogP contribution in [0.25, 0.3) is 0 Å². The number of rotatable bonds is 6. The lowest BCUT2D eigenvalue weighted by molar-refractivity contribution is 0.0642. The molecule has 2 heterocycles. The van der Waals surface area contributed by atoms with Gasteiger partial charge in [0, 0.05) is 32.2 Å². The molecule has 3 aromatic carbocycles. The van der Waals surface area contributed by atoms with E-state index in [0.29, 0.717) is 28.7 Å². The van der Waals surface area contributed by atoms with Gasteiger partial charge in [-0.15, -0.1) is 0 Å². The quantitative estimate of drug-likeness (QED) is 0.473. The van der Waals surface area contributed by atoms with Crippen LogP contribution in [0.2, 0.25) is 0 Å². The summed E-state index contributed by atoms with van der Waals surface area (Å²) in [6.45, 7) is 3.69. The maximum Gasteiger partial charge on any atom is 0.263 e. The van der Waals surface area contributed by atoms with Crippen LogP contribution in [0, 0.1) is 0 Å². The van der Waals surface area contributed by atoms with Gasteiger partial charge >= 0.3 is 0 Å². The molecule has 0 saturated carbocycles. The number of piperazine rings is 1. The van der Waals surface area contributed by atoms with E-state index in [0.717, 1.165) is 50.3 Å². The lowest BCUT2D eigenvalue weighted by Crippen LogP contribution is -2.47. The molecule has 0 bridgehead atoms. The molecule has 0 aromatic heterocycles. The number of carbonyl (C=O) groups excluding carboxylic acids is 2. The highest BCUT2D eigenvalue weighted by molar-refractivity contribution is 6.23. The summed E-state index contributed by atoms with van der Waals surface area (Å²) >= 11 is 0. The molecule has 0 N–H and O–H groups in total. The molecule has 1 unspecified atom stereocenters. The third kappa shape index (κ3) is 4.03. The zero-order valence-electron chi connectivity index (χ0n) is 21.3. The fraction of sp³-hybridized carbons (Fsp3) is 0.333. The summed E-state index contributed by atoms with van der Waals surface area (Å²) in [5, 5.41) is 0. The molecule has 3 aliphatic rings. The van der Waals surface area contributed by atoms with E-state index in [-0.39, 0.29) is 18.4 Å². The number of amides is 2. The Morgan fingerprint density at radius 2 is 1.62 bits per heavy atom. The van der Waals surface area contributed by atoms with Gasteiger partial charge in [0.2, 0.25) is 0 Å². The second-order valence-corrected chi connectivity index (χ2v) is 9.86. The van der Waals surface area contributed by atoms with E-state index in [1.807, 2.05) is 24.3 Å². The molecule has 2 aliphatic heterocycles. The van der Waals surface area contributed by atoms with Gasteiger partial charge in [0.25, 0.3) is 11.8 Å². The van der Waals surface area contributed by atoms with Gasteiger partial charge < -0.3 is 14.4 Å². The number of imide groups is 1. The summed E-state index contributed by atoms with van der Waals surface area (Å²) in [6.07, 6.45) is 2.30. The highest BCUT2D eigenvalue weighted by Gasteiger charge is 2.39. The summed E-state index contributed by atoms with van der Waals surface area (Å²) in [4.78, 5) is 33.0. The lowest BCUT2D eigenvalue weighted by Gasteiger charge is -2.39. The smallest absolute Gasteiger partial charge is 0.263 e. The van der Waals surface area contributed by atoms with E-state index in [4.69, 9.17) is 9.47 Å². The van der Waals surface area contributed by atoms with Gasteiger partial charge in [-0.05, 0) is 53.8 Å². The highest BCUT2D eigenvalue weighted by atomic mass is 16.5. The number of hydrogen-bond donors (Lipinski definition) is 0. The highest BCUT2D eigenvalue weighted by Crippen LogP contribution is 2.38. The van der Waals surface area contributed by atoms with Crippen LogP contribution in [0.15, 0.2) is 60.7 Å². The fourth-order valence-electron chi connectivity index (χ4n) is 6.07. The zero-order chi connectivity index (χ0) is 25.5. The number of carbonyl (C=O) groups is 2. The maximum absolute atomic E-state index is 13.6. The Morgan fingerprint density at radius 1 is 0.838 bits per heavy atom. The molecule has 3 aromatic rings. The van der Waals surface area contributed by atoms with Crippen LogP contribution in [0.4, 0.5) is 5.69 Å². The van der Waals surface area contributed by atoms with Gasteiger partial charge in [-0.25, -0.2) is 0 Å². The van der Waals surface area contributed by atoms with Crippen LogP contribution in [-0.2, 0) is 13.0 Å². The number of hydrogen-bond acceptors (Lipinski definition) is 6. The molecule has 1 saturated heterocycles. The SMILES string of the molecule is COc1ccc(CN2C(=O)c3cccc(N4CCN(C5CCc6ccccc65)CC4)c3C2=O)cc1OC. The van der Waals surface area contributed by atoms with E-state index in [9.17, 15) is 9.59 Å². The van der Waals surface area contributed by atoms with E-state index < -0.39 is 0 Å². The minimum Gasteiger partial charge on any atom is -0.493 e. The van der Waals surface area contributed by atoms with Crippen LogP contribution < -0.4 is 14.4 Å². The molecular weight excluding hydrogens is 466 g/mol. The predicted octanol–water partition coefficient (Wildman–Crippen LogP) is 4.31. The van der Waals surface area contributed by atoms with Crippen molar-refractivity contribution in [1.29, 1.82) is 0 Å². The first-order valence-corrected chi connectivity index (χ1v) is 12.9. The molecule has 190 valence electrons. The molecule has 0 radical (unpaired) electrons. The Bertz CT molecular complexity index is 1360. The van der Waals surface area contributed by atoms with Crippen molar-refractivity contribution in [1.82, 2.24) is 9.80 Å². The number of benzene rings is 3. The summed E-state index contributed by atoms with van der Waals surface area (Å²) in [5.74, 6) is 0.687. The third-order valence-electron chi connectivity index (χ3n) is 7.96. The minimum absolute atomic E-state index is 0.182. The standard InChI is InChI=1S/C30H31N3O4/c1-36-26-13-10-20(18-27(26)37-2)19-33-29(34)23-8-5-9-25(28(23)30(33)35)32-16-14-31(15-17-32)24-12-11-21-6-3-4-7-22(21)24/h3-10,13,18,24H,11-12,14-17,19H2,1-2H3. The summed E-state index contributed by atoms with van der Waals surface area (Å²) in [7, 11) is 3.15. The molecule has 1 atom stereocenters. The van der Waals surface area contributed by atoms with Gasteiger partial charge in [0.15, 0.2) is 11.5 Å². The van der Waals surface area contributed by atoms with Gasteiger partial charge in [-0.2, -0.15) is 0 Å². The van der Waals surface area contributed by atoms with Crippen LogP contribution in [0.5, 0.6) is 11.5 Å². The molecule has 37 heavy (non-hydrogen) atoms. The Morgan fingerprint density at radius 3 is 2.41 bits per heavy atom. The van der Waals surface area contributed by atoms with Crippen molar-refractivity contribution < 1.29 is 19.1 Å². The number of aryl methyl sites for hydroxylation is 1. The van der Waals surface area contributed by atoms with Crippen LogP contribution >= 0.6 is 0 Å². The minimum atomic E-state index is -0.252. The Balaban J connectivity index is 1.19. The van der Waals surface area contributed by atoms with E-state index in [1.54, 1.807) is 26.4 Å². The maximum atomic E-state index is 13.6. The second-order valence-electron chi connectivity index (χ2n) is 9.86. The van der Waals surface area contributed by atoms with Crippen LogP contribution in [-0.4, -0.2) is 62.0 Å². The molecule has 6 rings (SSSR count). The second kappa shape index (κ2) is 9.56. The number of ether oxygens (including phenoxy) is 2. The van der Waals surface area contributed by atoms with Crippen molar-refractivity contribution in [2.45, 2.75) is 25.4 Å². The molecule has 1 fully saturated rings. The van der Waals surface area contributed by atoms with E-state index in [2.05, 4.69) is 34.1 Å². The van der Waals surface area contributed by atoms with Crippen molar-refractivity contribution in [3.05, 3.63) is 88.5 Å². The largest absolute Gasteiger partial charge is 0.493 e. The Hall–Kier alpha value is -3.84. The molecule has 0 spiro atoms. The van der Waals surface area contributed by atoms with Crippen molar-refractivity contribution in [3.63, 3.8) is 0 Å². The molecule has 7 nitrogen and oxygen atoms in total. The summed E-state index contributed by atoms with van der Waals surface area (Å²) < 4.78 is 10.7. The molecule has 7 heteroatoms. The van der Waals surface area contributed by atoms with Gasteiger partial charge in [0.05, 0.1) is 37.6 Å². The number of fused-ring (bicyclic) bond motifs is 2. The number of anilines is 1. The van der Waals surface area contributed by atoms with E-state index in [1.165, 1.54) is 16.0 Å². The number of methoxy groups -OCH3 is 2. The topological polar surface area (TPSA) is 62.3 Å². The van der Waals surface area contributed by atoms with Crippen LogP contribution in [0.1, 0.15) is 49.9 Å². The van der Waals surface area contributed by atoms with Crippen LogP contribution in [0.3, 0.4) is 0 Å². The van der Waals surface area contributed by atoms with Gasteiger partial charge in [0.1, 0.15) is 0 Å². The molecule has 1 aliphatic carbocycles. The fourth-order valence-corrected chi connectivity index (χ4v) is 6.07. The van der Waals surface area contributed by atoms with Crippen molar-refractivity contribution in [2.75, 3.05) is 45.3 Å². The lowest BCUT2D eigenvalue weighted by atomic mass is 10.0. The zero-order valence-corrected chi connectivity index (χ0v) is 21.3. The average molecular weight is 498 g/mol. The first-order chi connectivity index (χ1) is 18.1. The summed E-state index contributed by atoms with van der Waals surface area (Å²) in [5.41, 5.74) is 5.59. The van der Waals surface area contributed by atoms with Gasteiger partial charge in [-0.3, -0.25) is 19.4 Å². The first-order valence-electron chi connectivity index (χ1n) is 12.9.